The summed E-state index contributed by atoms with van der Waals surface area (Å²) >= 11 is 1.48. The first-order valence-corrected chi connectivity index (χ1v) is 9.03. The van der Waals surface area contributed by atoms with Gasteiger partial charge in [0.25, 0.3) is 0 Å². The highest BCUT2D eigenvalue weighted by atomic mass is 32.2. The molecule has 0 spiro atoms. The van der Waals surface area contributed by atoms with Gasteiger partial charge in [-0.05, 0) is 25.7 Å². The summed E-state index contributed by atoms with van der Waals surface area (Å²) in [6.07, 6.45) is 1.87. The summed E-state index contributed by atoms with van der Waals surface area (Å²) in [5.74, 6) is 0.419. The minimum atomic E-state index is -3.42. The molecule has 2 N–H and O–H groups in total. The van der Waals surface area contributed by atoms with Crippen molar-refractivity contribution in [2.45, 2.75) is 25.2 Å². The van der Waals surface area contributed by atoms with Crippen molar-refractivity contribution in [1.29, 1.82) is 0 Å². The van der Waals surface area contributed by atoms with Crippen LogP contribution in [-0.4, -0.2) is 37.7 Å². The van der Waals surface area contributed by atoms with Gasteiger partial charge in [0.1, 0.15) is 0 Å². The Morgan fingerprint density at radius 3 is 2.42 bits per heavy atom. The molecule has 0 aliphatic carbocycles. The lowest BCUT2D eigenvalue weighted by Gasteiger charge is -2.22. The van der Waals surface area contributed by atoms with Crippen molar-refractivity contribution < 1.29 is 13.5 Å². The Hall–Kier alpha value is -0.560. The maximum absolute atomic E-state index is 11.9. The van der Waals surface area contributed by atoms with Crippen LogP contribution in [0.15, 0.2) is 24.3 Å². The van der Waals surface area contributed by atoms with Gasteiger partial charge in [-0.25, -0.2) is 13.1 Å². The maximum Gasteiger partial charge on any atom is 0.215 e. The molecule has 0 amide bonds. The van der Waals surface area contributed by atoms with Gasteiger partial charge < -0.3 is 5.11 Å². The molecule has 4 nitrogen and oxygen atoms in total. The van der Waals surface area contributed by atoms with Gasteiger partial charge in [0.05, 0.1) is 11.4 Å². The number of thioether (sulfide) groups is 1. The fraction of sp³-hybridized carbons (Fsp3) is 0.538. The van der Waals surface area contributed by atoms with Crippen molar-refractivity contribution in [2.24, 2.45) is 0 Å². The monoisotopic (exact) mass is 303 g/mol. The van der Waals surface area contributed by atoms with E-state index in [0.717, 1.165) is 11.1 Å². The van der Waals surface area contributed by atoms with E-state index in [1.54, 1.807) is 19.1 Å². The van der Waals surface area contributed by atoms with E-state index in [4.69, 9.17) is 0 Å². The van der Waals surface area contributed by atoms with E-state index in [2.05, 4.69) is 4.72 Å². The van der Waals surface area contributed by atoms with Crippen LogP contribution in [0.25, 0.3) is 0 Å². The molecule has 0 heterocycles. The van der Waals surface area contributed by atoms with Crippen molar-refractivity contribution in [3.8, 4) is 0 Å². The molecule has 0 fully saturated rings. The van der Waals surface area contributed by atoms with Crippen LogP contribution in [0.2, 0.25) is 0 Å². The molecule has 0 bridgehead atoms. The molecule has 0 saturated heterocycles. The zero-order chi connectivity index (χ0) is 14.5. The molecule has 0 saturated carbocycles. The molecule has 0 radical (unpaired) electrons. The highest BCUT2D eigenvalue weighted by Gasteiger charge is 2.22. The summed E-state index contributed by atoms with van der Waals surface area (Å²) in [4.78, 5) is 0. The van der Waals surface area contributed by atoms with E-state index < -0.39 is 15.6 Å². The molecule has 19 heavy (non-hydrogen) atoms. The summed E-state index contributed by atoms with van der Waals surface area (Å²) in [5.41, 5.74) is 0.805. The van der Waals surface area contributed by atoms with Crippen molar-refractivity contribution >= 4 is 21.8 Å². The lowest BCUT2D eigenvalue weighted by atomic mass is 10.1. The molecule has 0 aliphatic heterocycles. The zero-order valence-electron chi connectivity index (χ0n) is 11.5. The van der Waals surface area contributed by atoms with Crippen molar-refractivity contribution in [2.75, 3.05) is 18.6 Å². The number of aliphatic hydroxyl groups is 1. The minimum Gasteiger partial charge on any atom is -0.388 e. The first kappa shape index (κ1) is 16.5. The largest absolute Gasteiger partial charge is 0.388 e. The van der Waals surface area contributed by atoms with Gasteiger partial charge in [0.15, 0.2) is 0 Å². The van der Waals surface area contributed by atoms with Crippen LogP contribution in [0.3, 0.4) is 0 Å². The lowest BCUT2D eigenvalue weighted by molar-refractivity contribution is 0.0908. The first-order chi connectivity index (χ1) is 8.74. The molecule has 0 unspecified atom stereocenters. The van der Waals surface area contributed by atoms with E-state index in [0.29, 0.717) is 5.75 Å². The lowest BCUT2D eigenvalue weighted by Crippen LogP contribution is -2.42. The molecule has 6 heteroatoms. The highest BCUT2D eigenvalue weighted by Crippen LogP contribution is 2.11. The SMILES string of the molecule is CSC[C@](C)(O)CNS(=O)(=O)Cc1ccc(C)cc1. The maximum atomic E-state index is 11.9. The fourth-order valence-corrected chi connectivity index (χ4v) is 3.57. The van der Waals surface area contributed by atoms with Gasteiger partial charge in [-0.1, -0.05) is 29.8 Å². The normalized spacial score (nSPS) is 15.2. The van der Waals surface area contributed by atoms with E-state index >= 15 is 0 Å². The number of aryl methyl sites for hydroxylation is 1. The summed E-state index contributed by atoms with van der Waals surface area (Å²) < 4.78 is 26.3. The summed E-state index contributed by atoms with van der Waals surface area (Å²) in [5, 5.41) is 9.93. The zero-order valence-corrected chi connectivity index (χ0v) is 13.1. The smallest absolute Gasteiger partial charge is 0.215 e. The van der Waals surface area contributed by atoms with Gasteiger partial charge in [-0.15, -0.1) is 0 Å². The standard InChI is InChI=1S/C13H21NO3S2/c1-11-4-6-12(7-5-11)8-19(16,17)14-9-13(2,15)10-18-3/h4-7,14-15H,8-10H2,1-3H3/t13-/m1/s1. The summed E-state index contributed by atoms with van der Waals surface area (Å²) in [6, 6.07) is 7.37. The van der Waals surface area contributed by atoms with Gasteiger partial charge in [0, 0.05) is 12.3 Å². The van der Waals surface area contributed by atoms with E-state index in [1.165, 1.54) is 11.8 Å². The third-order valence-corrected chi connectivity index (χ3v) is 4.81. The van der Waals surface area contributed by atoms with E-state index in [-0.39, 0.29) is 12.3 Å². The van der Waals surface area contributed by atoms with Crippen molar-refractivity contribution in [3.05, 3.63) is 35.4 Å². The van der Waals surface area contributed by atoms with Crippen LogP contribution in [0.4, 0.5) is 0 Å². The summed E-state index contributed by atoms with van der Waals surface area (Å²) in [6.45, 7) is 3.61. The van der Waals surface area contributed by atoms with Crippen LogP contribution in [-0.2, 0) is 15.8 Å². The average Bonchev–Trinajstić information content (AvgIpc) is 2.30. The molecule has 1 rings (SSSR count). The molecule has 1 aromatic rings. The van der Waals surface area contributed by atoms with Crippen LogP contribution in [0.1, 0.15) is 18.1 Å². The van der Waals surface area contributed by atoms with Gasteiger partial charge in [0.2, 0.25) is 10.0 Å². The Morgan fingerprint density at radius 1 is 1.32 bits per heavy atom. The number of sulfonamides is 1. The highest BCUT2D eigenvalue weighted by molar-refractivity contribution is 7.98. The molecular formula is C13H21NO3S2. The minimum absolute atomic E-state index is 0.0298. The second-order valence-corrected chi connectivity index (χ2v) is 7.67. The molecule has 1 aromatic carbocycles. The Bertz CT molecular complexity index is 495. The molecule has 1 atom stereocenters. The number of nitrogens with one attached hydrogen (secondary N) is 1. The third kappa shape index (κ3) is 6.42. The Balaban J connectivity index is 2.59. The summed E-state index contributed by atoms with van der Waals surface area (Å²) in [7, 11) is -3.42. The Kier molecular flexibility index (Phi) is 5.85. The van der Waals surface area contributed by atoms with Gasteiger partial charge >= 0.3 is 0 Å². The van der Waals surface area contributed by atoms with Crippen LogP contribution >= 0.6 is 11.8 Å². The Morgan fingerprint density at radius 2 is 1.89 bits per heavy atom. The average molecular weight is 303 g/mol. The quantitative estimate of drug-likeness (QED) is 0.801. The number of benzene rings is 1. The van der Waals surface area contributed by atoms with Crippen molar-refractivity contribution in [1.82, 2.24) is 4.72 Å². The molecule has 108 valence electrons. The number of hydrogen-bond donors (Lipinski definition) is 2. The van der Waals surface area contributed by atoms with E-state index in [9.17, 15) is 13.5 Å². The number of hydrogen-bond acceptors (Lipinski definition) is 4. The molecular weight excluding hydrogens is 282 g/mol. The molecule has 0 aromatic heterocycles. The van der Waals surface area contributed by atoms with Gasteiger partial charge in [-0.2, -0.15) is 11.8 Å². The predicted octanol–water partition coefficient (Wildman–Crippen LogP) is 1.53. The fourth-order valence-electron chi connectivity index (χ4n) is 1.58. The second kappa shape index (κ2) is 6.74. The van der Waals surface area contributed by atoms with Crippen LogP contribution in [0.5, 0.6) is 0 Å². The van der Waals surface area contributed by atoms with E-state index in [1.807, 2.05) is 25.3 Å². The van der Waals surface area contributed by atoms with Crippen molar-refractivity contribution in [3.63, 3.8) is 0 Å². The second-order valence-electron chi connectivity index (χ2n) is 5.00. The topological polar surface area (TPSA) is 66.4 Å². The van der Waals surface area contributed by atoms with Gasteiger partial charge in [-0.3, -0.25) is 0 Å². The molecule has 0 aliphatic rings. The van der Waals surface area contributed by atoms with Crippen LogP contribution < -0.4 is 4.72 Å². The van der Waals surface area contributed by atoms with Crippen LogP contribution in [0, 0.1) is 6.92 Å². The first-order valence-electron chi connectivity index (χ1n) is 5.98. The predicted molar refractivity (Wildman–Crippen MR) is 80.8 cm³/mol. The number of rotatable bonds is 7. The Labute approximate surface area is 119 Å². The third-order valence-electron chi connectivity index (χ3n) is 2.61.